The number of rotatable bonds is 6. The Morgan fingerprint density at radius 2 is 1.92 bits per heavy atom. The minimum absolute atomic E-state index is 0.207. The first kappa shape index (κ1) is 18.7. The van der Waals surface area contributed by atoms with Gasteiger partial charge in [-0.2, -0.15) is 0 Å². The molecular formula is C18H22BrN3OS. The van der Waals surface area contributed by atoms with Gasteiger partial charge in [0.1, 0.15) is 5.75 Å². The maximum atomic E-state index is 5.40. The summed E-state index contributed by atoms with van der Waals surface area (Å²) in [6, 6.07) is 16.2. The Kier molecular flexibility index (Phi) is 7.02. The van der Waals surface area contributed by atoms with Crippen LogP contribution < -0.4 is 15.4 Å². The standard InChI is InChI=1S/C18H22BrN3OS/c1-22(2)17(13-7-9-16(23-3)10-8-13)12-20-18(24)21-15-6-4-5-14(19)11-15/h4-11,17H,12H2,1-3H3,(H2,20,21,24)/t17-/m0/s1. The summed E-state index contributed by atoms with van der Waals surface area (Å²) in [6.45, 7) is 0.708. The van der Waals surface area contributed by atoms with E-state index in [0.29, 0.717) is 11.7 Å². The lowest BCUT2D eigenvalue weighted by atomic mass is 10.1. The monoisotopic (exact) mass is 407 g/mol. The van der Waals surface area contributed by atoms with E-state index in [0.717, 1.165) is 15.9 Å². The van der Waals surface area contributed by atoms with Crippen LogP contribution in [0.3, 0.4) is 0 Å². The zero-order valence-corrected chi connectivity index (χ0v) is 16.4. The maximum Gasteiger partial charge on any atom is 0.170 e. The molecule has 128 valence electrons. The molecule has 0 fully saturated rings. The summed E-state index contributed by atoms with van der Waals surface area (Å²) in [4.78, 5) is 2.16. The van der Waals surface area contributed by atoms with Gasteiger partial charge in [0.05, 0.1) is 13.2 Å². The number of benzene rings is 2. The topological polar surface area (TPSA) is 36.5 Å². The SMILES string of the molecule is COc1ccc([C@H](CNC(=S)Nc2cccc(Br)c2)N(C)C)cc1. The van der Waals surface area contributed by atoms with Crippen molar-refractivity contribution in [3.63, 3.8) is 0 Å². The zero-order valence-electron chi connectivity index (χ0n) is 14.0. The minimum atomic E-state index is 0.207. The molecule has 0 saturated carbocycles. The van der Waals surface area contributed by atoms with Crippen LogP contribution in [0.5, 0.6) is 5.75 Å². The molecular weight excluding hydrogens is 386 g/mol. The number of nitrogens with zero attached hydrogens (tertiary/aromatic N) is 1. The van der Waals surface area contributed by atoms with Crippen LogP contribution in [0.2, 0.25) is 0 Å². The second kappa shape index (κ2) is 9.01. The molecule has 0 aliphatic heterocycles. The number of anilines is 1. The lowest BCUT2D eigenvalue weighted by molar-refractivity contribution is 0.299. The van der Waals surface area contributed by atoms with Crippen molar-refractivity contribution in [3.8, 4) is 5.75 Å². The normalized spacial score (nSPS) is 11.9. The molecule has 2 rings (SSSR count). The van der Waals surface area contributed by atoms with Crippen molar-refractivity contribution in [2.24, 2.45) is 0 Å². The summed E-state index contributed by atoms with van der Waals surface area (Å²) in [5.41, 5.74) is 2.16. The highest BCUT2D eigenvalue weighted by Gasteiger charge is 2.14. The molecule has 0 aromatic heterocycles. The number of nitrogens with one attached hydrogen (secondary N) is 2. The van der Waals surface area contributed by atoms with E-state index in [2.05, 4.69) is 57.7 Å². The lowest BCUT2D eigenvalue weighted by Crippen LogP contribution is -2.36. The molecule has 0 radical (unpaired) electrons. The number of ether oxygens (including phenoxy) is 1. The summed E-state index contributed by atoms with van der Waals surface area (Å²) in [7, 11) is 5.79. The van der Waals surface area contributed by atoms with Crippen LogP contribution in [-0.2, 0) is 0 Å². The third-order valence-electron chi connectivity index (χ3n) is 3.66. The van der Waals surface area contributed by atoms with Gasteiger partial charge in [0, 0.05) is 16.7 Å². The molecule has 0 aliphatic carbocycles. The molecule has 0 spiro atoms. The molecule has 2 aromatic rings. The molecule has 1 atom stereocenters. The highest BCUT2D eigenvalue weighted by atomic mass is 79.9. The fourth-order valence-corrected chi connectivity index (χ4v) is 2.96. The third kappa shape index (κ3) is 5.47. The zero-order chi connectivity index (χ0) is 17.5. The predicted molar refractivity (Wildman–Crippen MR) is 108 cm³/mol. The van der Waals surface area contributed by atoms with E-state index in [1.54, 1.807) is 7.11 Å². The Morgan fingerprint density at radius 3 is 2.50 bits per heavy atom. The average Bonchev–Trinajstić information content (AvgIpc) is 2.55. The Hall–Kier alpha value is -1.63. The van der Waals surface area contributed by atoms with Crippen LogP contribution in [0.4, 0.5) is 5.69 Å². The van der Waals surface area contributed by atoms with Crippen molar-refractivity contribution in [3.05, 3.63) is 58.6 Å². The molecule has 2 aromatic carbocycles. The molecule has 0 amide bonds. The minimum Gasteiger partial charge on any atom is -0.497 e. The summed E-state index contributed by atoms with van der Waals surface area (Å²) in [5.74, 6) is 0.857. The number of thiocarbonyl (C=S) groups is 1. The lowest BCUT2D eigenvalue weighted by Gasteiger charge is -2.26. The van der Waals surface area contributed by atoms with Gasteiger partial charge >= 0.3 is 0 Å². The first-order valence-corrected chi connectivity index (χ1v) is 8.80. The molecule has 0 bridgehead atoms. The largest absolute Gasteiger partial charge is 0.497 e. The van der Waals surface area contributed by atoms with Crippen LogP contribution >= 0.6 is 28.1 Å². The smallest absolute Gasteiger partial charge is 0.170 e. The van der Waals surface area contributed by atoms with E-state index in [-0.39, 0.29) is 6.04 Å². The number of likely N-dealkylation sites (N-methyl/N-ethyl adjacent to an activating group) is 1. The molecule has 4 nitrogen and oxygen atoms in total. The van der Waals surface area contributed by atoms with E-state index in [9.17, 15) is 0 Å². The van der Waals surface area contributed by atoms with Crippen LogP contribution in [0.1, 0.15) is 11.6 Å². The summed E-state index contributed by atoms with van der Waals surface area (Å²) < 4.78 is 6.23. The number of hydrogen-bond acceptors (Lipinski definition) is 3. The fourth-order valence-electron chi connectivity index (χ4n) is 2.36. The van der Waals surface area contributed by atoms with E-state index in [1.165, 1.54) is 5.56 Å². The summed E-state index contributed by atoms with van der Waals surface area (Å²) in [6.07, 6.45) is 0. The third-order valence-corrected chi connectivity index (χ3v) is 4.40. The van der Waals surface area contributed by atoms with Crippen LogP contribution in [0.15, 0.2) is 53.0 Å². The number of methoxy groups -OCH3 is 1. The van der Waals surface area contributed by atoms with Gasteiger partial charge in [-0.05, 0) is 62.2 Å². The highest BCUT2D eigenvalue weighted by molar-refractivity contribution is 9.10. The van der Waals surface area contributed by atoms with E-state index in [1.807, 2.05) is 36.4 Å². The Labute approximate surface area is 157 Å². The van der Waals surface area contributed by atoms with Crippen molar-refractivity contribution in [2.45, 2.75) is 6.04 Å². The van der Waals surface area contributed by atoms with Crippen molar-refractivity contribution >= 4 is 38.9 Å². The van der Waals surface area contributed by atoms with Gasteiger partial charge in [-0.15, -0.1) is 0 Å². The Morgan fingerprint density at radius 1 is 1.21 bits per heavy atom. The van der Waals surface area contributed by atoms with Gasteiger partial charge in [0.15, 0.2) is 5.11 Å². The second-order valence-corrected chi connectivity index (χ2v) is 6.92. The van der Waals surface area contributed by atoms with E-state index < -0.39 is 0 Å². The van der Waals surface area contributed by atoms with Crippen molar-refractivity contribution < 1.29 is 4.74 Å². The van der Waals surface area contributed by atoms with Crippen LogP contribution in [0, 0.1) is 0 Å². The van der Waals surface area contributed by atoms with Crippen LogP contribution in [0.25, 0.3) is 0 Å². The van der Waals surface area contributed by atoms with Gasteiger partial charge in [-0.3, -0.25) is 0 Å². The fraction of sp³-hybridized carbons (Fsp3) is 0.278. The van der Waals surface area contributed by atoms with E-state index in [4.69, 9.17) is 17.0 Å². The molecule has 0 heterocycles. The van der Waals surface area contributed by atoms with Gasteiger partial charge in [0.2, 0.25) is 0 Å². The van der Waals surface area contributed by atoms with Gasteiger partial charge in [0.25, 0.3) is 0 Å². The molecule has 0 unspecified atom stereocenters. The van der Waals surface area contributed by atoms with Crippen molar-refractivity contribution in [1.82, 2.24) is 10.2 Å². The second-order valence-electron chi connectivity index (χ2n) is 5.60. The molecule has 2 N–H and O–H groups in total. The number of halogens is 1. The van der Waals surface area contributed by atoms with E-state index >= 15 is 0 Å². The van der Waals surface area contributed by atoms with Gasteiger partial charge < -0.3 is 20.3 Å². The molecule has 0 saturated heterocycles. The summed E-state index contributed by atoms with van der Waals surface area (Å²) in [5, 5.41) is 7.09. The Balaban J connectivity index is 1.96. The highest BCUT2D eigenvalue weighted by Crippen LogP contribution is 2.21. The maximum absolute atomic E-state index is 5.40. The summed E-state index contributed by atoms with van der Waals surface area (Å²) >= 11 is 8.85. The average molecular weight is 408 g/mol. The quantitative estimate of drug-likeness (QED) is 0.706. The molecule has 0 aliphatic rings. The Bertz CT molecular complexity index is 676. The first-order chi connectivity index (χ1) is 11.5. The van der Waals surface area contributed by atoms with Gasteiger partial charge in [-0.25, -0.2) is 0 Å². The van der Waals surface area contributed by atoms with Crippen LogP contribution in [-0.4, -0.2) is 37.8 Å². The molecule has 6 heteroatoms. The first-order valence-electron chi connectivity index (χ1n) is 7.60. The predicted octanol–water partition coefficient (Wildman–Crippen LogP) is 4.05. The van der Waals surface area contributed by atoms with Crippen molar-refractivity contribution in [1.29, 1.82) is 0 Å². The number of hydrogen-bond donors (Lipinski definition) is 2. The van der Waals surface area contributed by atoms with Gasteiger partial charge in [-0.1, -0.05) is 34.1 Å². The molecule has 24 heavy (non-hydrogen) atoms. The van der Waals surface area contributed by atoms with Crippen molar-refractivity contribution in [2.75, 3.05) is 33.1 Å².